The van der Waals surface area contributed by atoms with E-state index in [4.69, 9.17) is 10.5 Å². The molecule has 1 fully saturated rings. The molecule has 0 bridgehead atoms. The van der Waals surface area contributed by atoms with E-state index in [1.54, 1.807) is 48.5 Å². The summed E-state index contributed by atoms with van der Waals surface area (Å²) in [5.74, 6) is -0.781. The highest BCUT2D eigenvalue weighted by Crippen LogP contribution is 2.21. The summed E-state index contributed by atoms with van der Waals surface area (Å²) >= 11 is 0. The number of amides is 3. The van der Waals surface area contributed by atoms with Gasteiger partial charge in [0, 0.05) is 16.9 Å². The van der Waals surface area contributed by atoms with Gasteiger partial charge < -0.3 is 15.8 Å². The topological polar surface area (TPSA) is 102 Å². The van der Waals surface area contributed by atoms with Crippen LogP contribution in [0.2, 0.25) is 0 Å². The van der Waals surface area contributed by atoms with Crippen molar-refractivity contribution in [3.8, 4) is 0 Å². The van der Waals surface area contributed by atoms with Crippen LogP contribution in [0.3, 0.4) is 0 Å². The number of nitrogens with one attached hydrogen (secondary N) is 1. The number of nitrogens with zero attached hydrogens (tertiary/aromatic N) is 1. The Morgan fingerprint density at radius 1 is 1.12 bits per heavy atom. The molecule has 0 saturated carbocycles. The number of primary amides is 1. The Bertz CT molecular complexity index is 817. The number of nitrogens with two attached hydrogens (primary N) is 1. The lowest BCUT2D eigenvalue weighted by atomic mass is 10.1. The summed E-state index contributed by atoms with van der Waals surface area (Å²) in [6, 6.07) is 13.6. The predicted octanol–water partition coefficient (Wildman–Crippen LogP) is 1.92. The van der Waals surface area contributed by atoms with E-state index in [1.165, 1.54) is 4.90 Å². The third-order valence-electron chi connectivity index (χ3n) is 3.83. The van der Waals surface area contributed by atoms with Gasteiger partial charge >= 0.3 is 6.09 Å². The van der Waals surface area contributed by atoms with E-state index in [0.717, 1.165) is 0 Å². The monoisotopic (exact) mass is 339 g/mol. The van der Waals surface area contributed by atoms with Crippen LogP contribution in [0.25, 0.3) is 0 Å². The SMILES string of the molecule is NC(=O)Cc1ccccc1NC(=O)c1ccc(N2CCOC2=O)cc1. The lowest BCUT2D eigenvalue weighted by Gasteiger charge is -2.13. The van der Waals surface area contributed by atoms with Gasteiger partial charge in [-0.25, -0.2) is 4.79 Å². The van der Waals surface area contributed by atoms with Gasteiger partial charge in [0.1, 0.15) is 6.61 Å². The van der Waals surface area contributed by atoms with Gasteiger partial charge in [-0.2, -0.15) is 0 Å². The standard InChI is InChI=1S/C18H17N3O4/c19-16(22)11-13-3-1-2-4-15(13)20-17(23)12-5-7-14(8-6-12)21-9-10-25-18(21)24/h1-8H,9-11H2,(H2,19,22)(H,20,23). The molecule has 1 aliphatic heterocycles. The fourth-order valence-electron chi connectivity index (χ4n) is 2.60. The number of carbonyl (C=O) groups excluding carboxylic acids is 3. The zero-order valence-corrected chi connectivity index (χ0v) is 13.4. The second-order valence-electron chi connectivity index (χ2n) is 5.57. The summed E-state index contributed by atoms with van der Waals surface area (Å²) in [6.45, 7) is 0.850. The number of anilines is 2. The second-order valence-corrected chi connectivity index (χ2v) is 5.57. The molecule has 0 aliphatic carbocycles. The number of benzene rings is 2. The maximum Gasteiger partial charge on any atom is 0.414 e. The number of carbonyl (C=O) groups is 3. The molecule has 0 radical (unpaired) electrons. The van der Waals surface area contributed by atoms with Crippen LogP contribution in [0, 0.1) is 0 Å². The third kappa shape index (κ3) is 3.77. The molecule has 3 N–H and O–H groups in total. The molecular formula is C18H17N3O4. The van der Waals surface area contributed by atoms with Crippen LogP contribution >= 0.6 is 0 Å². The molecule has 3 rings (SSSR count). The summed E-state index contributed by atoms with van der Waals surface area (Å²) in [5.41, 5.74) is 7.53. The number of hydrogen-bond acceptors (Lipinski definition) is 4. The van der Waals surface area contributed by atoms with Crippen molar-refractivity contribution in [2.24, 2.45) is 5.73 Å². The molecule has 3 amide bonds. The predicted molar refractivity (Wildman–Crippen MR) is 92.4 cm³/mol. The smallest absolute Gasteiger partial charge is 0.414 e. The van der Waals surface area contributed by atoms with Gasteiger partial charge in [0.05, 0.1) is 13.0 Å². The molecule has 2 aromatic carbocycles. The largest absolute Gasteiger partial charge is 0.447 e. The number of rotatable bonds is 5. The van der Waals surface area contributed by atoms with Crippen molar-refractivity contribution in [1.29, 1.82) is 0 Å². The molecule has 1 saturated heterocycles. The number of para-hydroxylation sites is 1. The Hall–Kier alpha value is -3.35. The zero-order chi connectivity index (χ0) is 17.8. The van der Waals surface area contributed by atoms with Gasteiger partial charge in [-0.05, 0) is 35.9 Å². The van der Waals surface area contributed by atoms with Crippen LogP contribution in [0.1, 0.15) is 15.9 Å². The lowest BCUT2D eigenvalue weighted by molar-refractivity contribution is -0.117. The molecule has 0 unspecified atom stereocenters. The van der Waals surface area contributed by atoms with Crippen molar-refractivity contribution in [3.63, 3.8) is 0 Å². The molecular weight excluding hydrogens is 322 g/mol. The summed E-state index contributed by atoms with van der Waals surface area (Å²) in [7, 11) is 0. The summed E-state index contributed by atoms with van der Waals surface area (Å²) < 4.78 is 4.89. The first-order valence-corrected chi connectivity index (χ1v) is 7.76. The van der Waals surface area contributed by atoms with Crippen LogP contribution in [0.15, 0.2) is 48.5 Å². The molecule has 128 valence electrons. The van der Waals surface area contributed by atoms with E-state index in [1.807, 2.05) is 0 Å². The average Bonchev–Trinajstić information content (AvgIpc) is 3.02. The van der Waals surface area contributed by atoms with Crippen molar-refractivity contribution in [2.75, 3.05) is 23.4 Å². The normalized spacial score (nSPS) is 13.4. The van der Waals surface area contributed by atoms with E-state index in [9.17, 15) is 14.4 Å². The van der Waals surface area contributed by atoms with Crippen molar-refractivity contribution in [2.45, 2.75) is 6.42 Å². The first-order valence-electron chi connectivity index (χ1n) is 7.76. The van der Waals surface area contributed by atoms with Crippen LogP contribution in [0.4, 0.5) is 16.2 Å². The number of hydrogen-bond donors (Lipinski definition) is 2. The van der Waals surface area contributed by atoms with E-state index in [-0.39, 0.29) is 12.3 Å². The maximum atomic E-state index is 12.4. The fraction of sp³-hybridized carbons (Fsp3) is 0.167. The van der Waals surface area contributed by atoms with Gasteiger partial charge in [-0.1, -0.05) is 18.2 Å². The second kappa shape index (κ2) is 7.04. The molecule has 0 atom stereocenters. The van der Waals surface area contributed by atoms with E-state index < -0.39 is 12.0 Å². The van der Waals surface area contributed by atoms with Crippen molar-refractivity contribution < 1.29 is 19.1 Å². The molecule has 1 heterocycles. The summed E-state index contributed by atoms with van der Waals surface area (Å²) in [6.07, 6.45) is -0.343. The van der Waals surface area contributed by atoms with Crippen LogP contribution in [-0.2, 0) is 16.0 Å². The molecule has 0 aromatic heterocycles. The van der Waals surface area contributed by atoms with Gasteiger partial charge in [0.2, 0.25) is 5.91 Å². The highest BCUT2D eigenvalue weighted by molar-refractivity contribution is 6.05. The van der Waals surface area contributed by atoms with Crippen molar-refractivity contribution >= 4 is 29.3 Å². The van der Waals surface area contributed by atoms with Crippen LogP contribution in [0.5, 0.6) is 0 Å². The van der Waals surface area contributed by atoms with Crippen molar-refractivity contribution in [3.05, 3.63) is 59.7 Å². The Morgan fingerprint density at radius 2 is 1.84 bits per heavy atom. The minimum Gasteiger partial charge on any atom is -0.447 e. The minimum absolute atomic E-state index is 0.0481. The molecule has 1 aliphatic rings. The van der Waals surface area contributed by atoms with Gasteiger partial charge in [-0.3, -0.25) is 14.5 Å². The first kappa shape index (κ1) is 16.5. The highest BCUT2D eigenvalue weighted by Gasteiger charge is 2.23. The van der Waals surface area contributed by atoms with E-state index in [2.05, 4.69) is 5.32 Å². The summed E-state index contributed by atoms with van der Waals surface area (Å²) in [4.78, 5) is 36.6. The molecule has 2 aromatic rings. The third-order valence-corrected chi connectivity index (χ3v) is 3.83. The zero-order valence-electron chi connectivity index (χ0n) is 13.4. The molecule has 7 nitrogen and oxygen atoms in total. The quantitative estimate of drug-likeness (QED) is 0.869. The van der Waals surface area contributed by atoms with Crippen LogP contribution < -0.4 is 16.0 Å². The molecule has 25 heavy (non-hydrogen) atoms. The Balaban J connectivity index is 1.74. The van der Waals surface area contributed by atoms with Crippen molar-refractivity contribution in [1.82, 2.24) is 0 Å². The number of cyclic esters (lactones) is 1. The maximum absolute atomic E-state index is 12.4. The first-order chi connectivity index (χ1) is 12.0. The van der Waals surface area contributed by atoms with E-state index in [0.29, 0.717) is 35.7 Å². The Labute approximate surface area is 144 Å². The van der Waals surface area contributed by atoms with E-state index >= 15 is 0 Å². The molecule has 0 spiro atoms. The van der Waals surface area contributed by atoms with Gasteiger partial charge in [0.25, 0.3) is 5.91 Å². The van der Waals surface area contributed by atoms with Gasteiger partial charge in [-0.15, -0.1) is 0 Å². The Morgan fingerprint density at radius 3 is 2.48 bits per heavy atom. The van der Waals surface area contributed by atoms with Crippen LogP contribution in [-0.4, -0.2) is 31.1 Å². The average molecular weight is 339 g/mol. The number of ether oxygens (including phenoxy) is 1. The van der Waals surface area contributed by atoms with Gasteiger partial charge in [0.15, 0.2) is 0 Å². The lowest BCUT2D eigenvalue weighted by Crippen LogP contribution is -2.23. The fourth-order valence-corrected chi connectivity index (χ4v) is 2.60. The Kier molecular flexibility index (Phi) is 4.65. The minimum atomic E-state index is -0.469. The molecule has 7 heteroatoms. The summed E-state index contributed by atoms with van der Waals surface area (Å²) in [5, 5.41) is 2.78. The highest BCUT2D eigenvalue weighted by atomic mass is 16.6.